The Morgan fingerprint density at radius 2 is 2.10 bits per heavy atom. The van der Waals surface area contributed by atoms with Gasteiger partial charge in [0.25, 0.3) is 0 Å². The maximum Gasteiger partial charge on any atom is 0.225 e. The minimum Gasteiger partial charge on any atom is -0.477 e. The van der Waals surface area contributed by atoms with Crippen LogP contribution in [0.25, 0.3) is 0 Å². The highest BCUT2D eigenvalue weighted by molar-refractivity contribution is 5.81. The van der Waals surface area contributed by atoms with E-state index in [4.69, 9.17) is 9.73 Å². The van der Waals surface area contributed by atoms with Crippen molar-refractivity contribution in [3.8, 4) is 5.88 Å². The first kappa shape index (κ1) is 23.4. The van der Waals surface area contributed by atoms with E-state index in [1.807, 2.05) is 12.1 Å². The third-order valence-electron chi connectivity index (χ3n) is 6.13. The van der Waals surface area contributed by atoms with E-state index < -0.39 is 0 Å². The lowest BCUT2D eigenvalue weighted by atomic mass is 9.88. The number of amides is 1. The number of nitrogens with one attached hydrogen (secondary N) is 2. The lowest BCUT2D eigenvalue weighted by Crippen LogP contribution is -2.45. The average molecular weight is 430 g/mol. The number of likely N-dealkylation sites (tertiary alicyclic amines) is 1. The molecule has 1 saturated heterocycles. The van der Waals surface area contributed by atoms with Crippen LogP contribution < -0.4 is 15.4 Å². The number of carbonyl (C=O) groups is 1. The number of guanidine groups is 1. The molecule has 3 rings (SSSR count). The summed E-state index contributed by atoms with van der Waals surface area (Å²) in [7, 11) is 0. The van der Waals surface area contributed by atoms with Gasteiger partial charge in [-0.05, 0) is 38.7 Å². The molecule has 2 heterocycles. The maximum atomic E-state index is 12.8. The molecular weight excluding hydrogens is 390 g/mol. The van der Waals surface area contributed by atoms with Crippen LogP contribution in [-0.2, 0) is 11.3 Å². The molecule has 0 spiro atoms. The van der Waals surface area contributed by atoms with Crippen LogP contribution in [0.4, 0.5) is 0 Å². The molecule has 7 nitrogen and oxygen atoms in total. The van der Waals surface area contributed by atoms with Crippen molar-refractivity contribution in [2.45, 2.75) is 77.8 Å². The molecule has 2 aliphatic rings. The predicted molar refractivity (Wildman–Crippen MR) is 124 cm³/mol. The summed E-state index contributed by atoms with van der Waals surface area (Å²) in [6.07, 6.45) is 10.6. The first-order valence-corrected chi connectivity index (χ1v) is 12.1. The third kappa shape index (κ3) is 7.11. The first-order chi connectivity index (χ1) is 15.2. The Morgan fingerprint density at radius 1 is 1.26 bits per heavy atom. The highest BCUT2D eigenvalue weighted by atomic mass is 16.5. The van der Waals surface area contributed by atoms with Gasteiger partial charge in [-0.3, -0.25) is 4.79 Å². The molecule has 2 fully saturated rings. The van der Waals surface area contributed by atoms with Crippen molar-refractivity contribution in [1.29, 1.82) is 0 Å². The van der Waals surface area contributed by atoms with Gasteiger partial charge in [0.05, 0.1) is 13.2 Å². The van der Waals surface area contributed by atoms with Crippen molar-refractivity contribution < 1.29 is 9.53 Å². The SMILES string of the molecule is CCCCOc1ncccc1CN=C(NCC)NC1CCN(C(=O)C2CCCCC2)C1. The molecule has 0 radical (unpaired) electrons. The van der Waals surface area contributed by atoms with Gasteiger partial charge in [0.15, 0.2) is 5.96 Å². The average Bonchev–Trinajstić information content (AvgIpc) is 3.27. The topological polar surface area (TPSA) is 78.9 Å². The smallest absolute Gasteiger partial charge is 0.225 e. The molecule has 1 aromatic rings. The number of hydrogen-bond acceptors (Lipinski definition) is 4. The molecule has 1 unspecified atom stereocenters. The van der Waals surface area contributed by atoms with Crippen molar-refractivity contribution in [2.75, 3.05) is 26.2 Å². The van der Waals surface area contributed by atoms with E-state index in [0.29, 0.717) is 24.9 Å². The van der Waals surface area contributed by atoms with Crippen LogP contribution in [0, 0.1) is 5.92 Å². The lowest BCUT2D eigenvalue weighted by molar-refractivity contribution is -0.135. The minimum absolute atomic E-state index is 0.236. The lowest BCUT2D eigenvalue weighted by Gasteiger charge is -2.26. The number of aliphatic imine (C=N–C) groups is 1. The van der Waals surface area contributed by atoms with Gasteiger partial charge in [0.1, 0.15) is 0 Å². The first-order valence-electron chi connectivity index (χ1n) is 12.1. The predicted octanol–water partition coefficient (Wildman–Crippen LogP) is 3.50. The Hall–Kier alpha value is -2.31. The fourth-order valence-electron chi connectivity index (χ4n) is 4.35. The van der Waals surface area contributed by atoms with Crippen LogP contribution in [0.5, 0.6) is 5.88 Å². The van der Waals surface area contributed by atoms with Gasteiger partial charge in [-0.25, -0.2) is 9.98 Å². The number of rotatable bonds is 9. The normalized spacial score (nSPS) is 20.0. The summed E-state index contributed by atoms with van der Waals surface area (Å²) in [5.41, 5.74) is 0.983. The summed E-state index contributed by atoms with van der Waals surface area (Å²) in [4.78, 5) is 24.0. The van der Waals surface area contributed by atoms with Crippen molar-refractivity contribution in [1.82, 2.24) is 20.5 Å². The molecule has 0 aromatic carbocycles. The minimum atomic E-state index is 0.236. The number of ether oxygens (including phenoxy) is 1. The van der Waals surface area contributed by atoms with E-state index in [0.717, 1.165) is 63.3 Å². The Balaban J connectivity index is 1.55. The van der Waals surface area contributed by atoms with Gasteiger partial charge < -0.3 is 20.3 Å². The van der Waals surface area contributed by atoms with E-state index in [1.165, 1.54) is 19.3 Å². The molecule has 31 heavy (non-hydrogen) atoms. The number of carbonyl (C=O) groups excluding carboxylic acids is 1. The molecule has 1 aliphatic carbocycles. The number of nitrogens with zero attached hydrogens (tertiary/aromatic N) is 3. The Labute approximate surface area is 187 Å². The largest absolute Gasteiger partial charge is 0.477 e. The molecule has 7 heteroatoms. The third-order valence-corrected chi connectivity index (χ3v) is 6.13. The number of pyridine rings is 1. The summed E-state index contributed by atoms with van der Waals surface area (Å²) < 4.78 is 5.84. The Morgan fingerprint density at radius 3 is 2.87 bits per heavy atom. The molecule has 1 amide bonds. The Bertz CT molecular complexity index is 718. The molecular formula is C24H39N5O2. The van der Waals surface area contributed by atoms with Gasteiger partial charge in [0.2, 0.25) is 11.8 Å². The van der Waals surface area contributed by atoms with Crippen LogP contribution in [0.3, 0.4) is 0 Å². The van der Waals surface area contributed by atoms with E-state index >= 15 is 0 Å². The van der Waals surface area contributed by atoms with Crippen molar-refractivity contribution in [3.05, 3.63) is 23.9 Å². The quantitative estimate of drug-likeness (QED) is 0.357. The second-order valence-corrected chi connectivity index (χ2v) is 8.61. The summed E-state index contributed by atoms with van der Waals surface area (Å²) in [5.74, 6) is 2.05. The van der Waals surface area contributed by atoms with Gasteiger partial charge in [-0.15, -0.1) is 0 Å². The van der Waals surface area contributed by atoms with E-state index in [2.05, 4.69) is 34.4 Å². The number of aromatic nitrogens is 1. The molecule has 1 aromatic heterocycles. The van der Waals surface area contributed by atoms with Gasteiger partial charge >= 0.3 is 0 Å². The van der Waals surface area contributed by atoms with Gasteiger partial charge in [-0.1, -0.05) is 38.7 Å². The molecule has 2 N–H and O–H groups in total. The summed E-state index contributed by atoms with van der Waals surface area (Å²) in [6.45, 7) is 7.78. The zero-order chi connectivity index (χ0) is 21.9. The van der Waals surface area contributed by atoms with Crippen LogP contribution in [0.15, 0.2) is 23.3 Å². The summed E-state index contributed by atoms with van der Waals surface area (Å²) in [5, 5.41) is 6.86. The fraction of sp³-hybridized carbons (Fsp3) is 0.708. The maximum absolute atomic E-state index is 12.8. The van der Waals surface area contributed by atoms with E-state index in [-0.39, 0.29) is 12.0 Å². The molecule has 172 valence electrons. The number of hydrogen-bond donors (Lipinski definition) is 2. The molecule has 1 atom stereocenters. The molecule has 0 bridgehead atoms. The zero-order valence-electron chi connectivity index (χ0n) is 19.2. The Kier molecular flexibility index (Phi) is 9.43. The van der Waals surface area contributed by atoms with Gasteiger partial charge in [0, 0.05) is 43.4 Å². The van der Waals surface area contributed by atoms with Crippen molar-refractivity contribution >= 4 is 11.9 Å². The zero-order valence-corrected chi connectivity index (χ0v) is 19.2. The van der Waals surface area contributed by atoms with Crippen molar-refractivity contribution in [3.63, 3.8) is 0 Å². The summed E-state index contributed by atoms with van der Waals surface area (Å²) in [6, 6.07) is 4.17. The van der Waals surface area contributed by atoms with Crippen LogP contribution >= 0.6 is 0 Å². The molecule has 1 saturated carbocycles. The van der Waals surface area contributed by atoms with E-state index in [1.54, 1.807) is 6.20 Å². The van der Waals surface area contributed by atoms with Crippen molar-refractivity contribution in [2.24, 2.45) is 10.9 Å². The highest BCUT2D eigenvalue weighted by Gasteiger charge is 2.31. The van der Waals surface area contributed by atoms with Gasteiger partial charge in [-0.2, -0.15) is 0 Å². The molecule has 1 aliphatic heterocycles. The fourth-order valence-corrected chi connectivity index (χ4v) is 4.35. The second kappa shape index (κ2) is 12.5. The standard InChI is InChI=1S/C24H39N5O2/c1-3-5-16-31-22-20(12-9-14-26-22)17-27-24(25-4-2)28-21-13-15-29(18-21)23(30)19-10-7-6-8-11-19/h9,12,14,19,21H,3-8,10-11,13,15-18H2,1-2H3,(H2,25,27,28). The summed E-state index contributed by atoms with van der Waals surface area (Å²) >= 11 is 0. The van der Waals surface area contributed by atoms with Crippen LogP contribution in [0.2, 0.25) is 0 Å². The van der Waals surface area contributed by atoms with E-state index in [9.17, 15) is 4.79 Å². The number of unbranched alkanes of at least 4 members (excludes halogenated alkanes) is 1. The van der Waals surface area contributed by atoms with Crippen LogP contribution in [-0.4, -0.2) is 54.0 Å². The highest BCUT2D eigenvalue weighted by Crippen LogP contribution is 2.26. The van der Waals surface area contributed by atoms with Crippen LogP contribution in [0.1, 0.15) is 70.8 Å². The second-order valence-electron chi connectivity index (χ2n) is 8.61. The monoisotopic (exact) mass is 429 g/mol.